The number of ether oxygens (including phenoxy) is 2. The SMILES string of the molecule is CC(C)=C(C(=O)OCc1ccccc1)N1C(=O)[C@@H](NC(c2ccccc2)(c2ccccc2)c2ccccc2)[C@H]1[S@@](=O)CC(=O)OC(C)(C)C. The number of benzene rings is 4. The van der Waals surface area contributed by atoms with E-state index in [4.69, 9.17) is 9.47 Å². The molecule has 1 saturated heterocycles. The molecule has 1 heterocycles. The van der Waals surface area contributed by atoms with Gasteiger partial charge in [-0.25, -0.2) is 4.79 Å². The molecule has 0 saturated carbocycles. The van der Waals surface area contributed by atoms with Crippen LogP contribution in [0.3, 0.4) is 0 Å². The quantitative estimate of drug-likeness (QED) is 0.0821. The molecule has 1 aliphatic heterocycles. The Kier molecular flexibility index (Phi) is 11.0. The molecule has 0 radical (unpaired) electrons. The fourth-order valence-corrected chi connectivity index (χ4v) is 7.45. The second-order valence-electron chi connectivity index (χ2n) is 13.1. The first kappa shape index (κ1) is 35.4. The number of amides is 1. The lowest BCUT2D eigenvalue weighted by Gasteiger charge is -2.51. The number of β-lactam (4-membered cyclic amide) rings is 1. The first-order valence-electron chi connectivity index (χ1n) is 16.2. The van der Waals surface area contributed by atoms with Gasteiger partial charge >= 0.3 is 11.9 Å². The van der Waals surface area contributed by atoms with E-state index in [9.17, 15) is 18.6 Å². The highest BCUT2D eigenvalue weighted by Gasteiger charge is 2.57. The predicted octanol–water partition coefficient (Wildman–Crippen LogP) is 6.23. The van der Waals surface area contributed by atoms with E-state index in [1.54, 1.807) is 34.6 Å². The molecule has 1 amide bonds. The zero-order chi connectivity index (χ0) is 35.2. The Bertz CT molecular complexity index is 1720. The van der Waals surface area contributed by atoms with E-state index in [0.717, 1.165) is 22.3 Å². The number of hydrogen-bond acceptors (Lipinski definition) is 7. The molecule has 0 bridgehead atoms. The molecule has 1 aliphatic rings. The number of hydrogen-bond donors (Lipinski definition) is 1. The van der Waals surface area contributed by atoms with Crippen LogP contribution in [0, 0.1) is 0 Å². The molecule has 3 atom stereocenters. The highest BCUT2D eigenvalue weighted by Crippen LogP contribution is 2.41. The van der Waals surface area contributed by atoms with Gasteiger partial charge in [-0.05, 0) is 62.4 Å². The fraction of sp³-hybridized carbons (Fsp3) is 0.275. The van der Waals surface area contributed by atoms with Crippen LogP contribution in [0.1, 0.15) is 56.9 Å². The molecule has 0 aromatic heterocycles. The second-order valence-corrected chi connectivity index (χ2v) is 14.6. The third-order valence-corrected chi connectivity index (χ3v) is 9.65. The van der Waals surface area contributed by atoms with Gasteiger partial charge in [0, 0.05) is 0 Å². The van der Waals surface area contributed by atoms with Crippen molar-refractivity contribution in [3.05, 3.63) is 155 Å². The standard InChI is InChI=1S/C40H42N2O6S/c1-28(2)35(38(45)47-26-29-18-10-6-11-19-29)42-36(44)34(37(42)49(46)27-33(43)48-39(3,4)5)41-40(30-20-12-7-13-21-30,31-22-14-8-15-23-31)32-24-16-9-17-25-32/h6-25,34,37,41H,26-27H2,1-5H3/t34-,37-,49+/m1/s1. The molecule has 49 heavy (non-hydrogen) atoms. The van der Waals surface area contributed by atoms with E-state index in [1.165, 1.54) is 4.90 Å². The predicted molar refractivity (Wildman–Crippen MR) is 190 cm³/mol. The van der Waals surface area contributed by atoms with Crippen molar-refractivity contribution in [1.29, 1.82) is 0 Å². The van der Waals surface area contributed by atoms with Crippen molar-refractivity contribution >= 4 is 28.6 Å². The van der Waals surface area contributed by atoms with E-state index in [2.05, 4.69) is 5.32 Å². The molecule has 254 valence electrons. The minimum absolute atomic E-state index is 0.00810. The van der Waals surface area contributed by atoms with Crippen molar-refractivity contribution in [2.45, 2.75) is 63.8 Å². The molecule has 0 unspecified atom stereocenters. The molecule has 0 spiro atoms. The van der Waals surface area contributed by atoms with Crippen LogP contribution in [-0.2, 0) is 46.8 Å². The summed E-state index contributed by atoms with van der Waals surface area (Å²) in [5.41, 5.74) is 1.94. The monoisotopic (exact) mass is 678 g/mol. The van der Waals surface area contributed by atoms with Gasteiger partial charge in [0.1, 0.15) is 35.1 Å². The summed E-state index contributed by atoms with van der Waals surface area (Å²) in [6.07, 6.45) is 0. The first-order valence-corrected chi connectivity index (χ1v) is 17.6. The smallest absolute Gasteiger partial charge is 0.355 e. The average Bonchev–Trinajstić information content (AvgIpc) is 3.08. The zero-order valence-electron chi connectivity index (χ0n) is 28.4. The van der Waals surface area contributed by atoms with Crippen LogP contribution < -0.4 is 5.32 Å². The van der Waals surface area contributed by atoms with Crippen molar-refractivity contribution in [1.82, 2.24) is 10.2 Å². The van der Waals surface area contributed by atoms with Gasteiger partial charge in [-0.15, -0.1) is 0 Å². The van der Waals surface area contributed by atoms with Crippen LogP contribution in [0.15, 0.2) is 133 Å². The van der Waals surface area contributed by atoms with Gasteiger partial charge in [-0.1, -0.05) is 121 Å². The molecule has 5 rings (SSSR count). The van der Waals surface area contributed by atoms with Gasteiger partial charge in [0.15, 0.2) is 0 Å². The summed E-state index contributed by atoms with van der Waals surface area (Å²) in [6.45, 7) is 8.58. The lowest BCUT2D eigenvalue weighted by molar-refractivity contribution is -0.153. The summed E-state index contributed by atoms with van der Waals surface area (Å²) in [6, 6.07) is 37.3. The topological polar surface area (TPSA) is 102 Å². The molecule has 1 fully saturated rings. The third kappa shape index (κ3) is 7.90. The normalized spacial score (nSPS) is 16.7. The second kappa shape index (κ2) is 15.1. The number of allylic oxidation sites excluding steroid dienone is 1. The van der Waals surface area contributed by atoms with Crippen molar-refractivity contribution in [3.8, 4) is 0 Å². The Labute approximate surface area is 290 Å². The zero-order valence-corrected chi connectivity index (χ0v) is 29.2. The van der Waals surface area contributed by atoms with Gasteiger partial charge in [0.25, 0.3) is 0 Å². The molecule has 9 heteroatoms. The van der Waals surface area contributed by atoms with Gasteiger partial charge in [-0.2, -0.15) is 0 Å². The van der Waals surface area contributed by atoms with Crippen molar-refractivity contribution in [2.75, 3.05) is 5.75 Å². The molecular formula is C40H42N2O6S. The highest BCUT2D eigenvalue weighted by atomic mass is 32.2. The fourth-order valence-electron chi connectivity index (χ4n) is 6.06. The van der Waals surface area contributed by atoms with E-state index in [-0.39, 0.29) is 12.3 Å². The molecule has 8 nitrogen and oxygen atoms in total. The lowest BCUT2D eigenvalue weighted by atomic mass is 9.76. The summed E-state index contributed by atoms with van der Waals surface area (Å²) in [5.74, 6) is -2.35. The average molecular weight is 679 g/mol. The largest absolute Gasteiger partial charge is 0.459 e. The van der Waals surface area contributed by atoms with E-state index in [0.29, 0.717) is 5.57 Å². The van der Waals surface area contributed by atoms with Crippen LogP contribution in [0.5, 0.6) is 0 Å². The maximum absolute atomic E-state index is 14.5. The number of carbonyl (C=O) groups excluding carboxylic acids is 3. The minimum Gasteiger partial charge on any atom is -0.459 e. The maximum Gasteiger partial charge on any atom is 0.355 e. The number of rotatable bonds is 12. The lowest BCUT2D eigenvalue weighted by Crippen LogP contribution is -2.74. The van der Waals surface area contributed by atoms with Gasteiger partial charge < -0.3 is 9.47 Å². The number of likely N-dealkylation sites (tertiary alicyclic amines) is 1. The number of esters is 2. The van der Waals surface area contributed by atoms with Crippen LogP contribution in [0.2, 0.25) is 0 Å². The number of nitrogens with zero attached hydrogens (tertiary/aromatic N) is 1. The van der Waals surface area contributed by atoms with E-state index < -0.39 is 57.0 Å². The van der Waals surface area contributed by atoms with E-state index >= 15 is 0 Å². The van der Waals surface area contributed by atoms with E-state index in [1.807, 2.05) is 121 Å². The Morgan fingerprint density at radius 2 is 1.20 bits per heavy atom. The highest BCUT2D eigenvalue weighted by molar-refractivity contribution is 7.86. The van der Waals surface area contributed by atoms with Gasteiger partial charge in [0.05, 0.1) is 16.3 Å². The van der Waals surface area contributed by atoms with Crippen molar-refractivity contribution in [2.24, 2.45) is 0 Å². The summed E-state index contributed by atoms with van der Waals surface area (Å²) >= 11 is 0. The Morgan fingerprint density at radius 3 is 1.63 bits per heavy atom. The first-order chi connectivity index (χ1) is 23.4. The summed E-state index contributed by atoms with van der Waals surface area (Å²) in [5, 5.41) is 2.52. The Hall–Kier alpha value is -4.86. The molecule has 4 aromatic carbocycles. The Morgan fingerprint density at radius 1 is 0.755 bits per heavy atom. The summed E-state index contributed by atoms with van der Waals surface area (Å²) in [4.78, 5) is 42.4. The molecule has 4 aromatic rings. The molecular weight excluding hydrogens is 637 g/mol. The number of nitrogens with one attached hydrogen (secondary N) is 1. The van der Waals surface area contributed by atoms with Crippen LogP contribution in [0.25, 0.3) is 0 Å². The van der Waals surface area contributed by atoms with Gasteiger partial charge in [0.2, 0.25) is 5.91 Å². The van der Waals surface area contributed by atoms with Crippen LogP contribution in [0.4, 0.5) is 0 Å². The maximum atomic E-state index is 14.5. The minimum atomic E-state index is -1.99. The molecule has 0 aliphatic carbocycles. The van der Waals surface area contributed by atoms with Crippen LogP contribution in [-0.4, -0.2) is 49.7 Å². The van der Waals surface area contributed by atoms with Crippen molar-refractivity contribution < 1.29 is 28.1 Å². The summed E-state index contributed by atoms with van der Waals surface area (Å²) < 4.78 is 25.5. The van der Waals surface area contributed by atoms with Crippen LogP contribution >= 0.6 is 0 Å². The van der Waals surface area contributed by atoms with Gasteiger partial charge in [-0.3, -0.25) is 24.0 Å². The van der Waals surface area contributed by atoms with Crippen molar-refractivity contribution in [3.63, 3.8) is 0 Å². The number of carbonyl (C=O) groups is 3. The Balaban J connectivity index is 1.59. The molecule has 1 N–H and O–H groups in total. The third-order valence-electron chi connectivity index (χ3n) is 8.11. The summed E-state index contributed by atoms with van der Waals surface area (Å²) in [7, 11) is -1.99.